The van der Waals surface area contributed by atoms with E-state index in [1.54, 1.807) is 0 Å². The van der Waals surface area contributed by atoms with Crippen molar-refractivity contribution in [1.82, 2.24) is 4.90 Å². The topological polar surface area (TPSA) is 40.5 Å². The summed E-state index contributed by atoms with van der Waals surface area (Å²) < 4.78 is 0. The van der Waals surface area contributed by atoms with Gasteiger partial charge in [0, 0.05) is 19.5 Å². The number of carbonyl (C=O) groups excluding carboxylic acids is 1. The molecule has 1 aliphatic heterocycles. The molecule has 21 heavy (non-hydrogen) atoms. The van der Waals surface area contributed by atoms with E-state index in [1.165, 1.54) is 11.3 Å². The van der Waals surface area contributed by atoms with Crippen LogP contribution >= 0.6 is 11.3 Å². The maximum atomic E-state index is 12.6. The van der Waals surface area contributed by atoms with Gasteiger partial charge in [0.2, 0.25) is 0 Å². The molecule has 0 aliphatic carbocycles. The highest BCUT2D eigenvalue weighted by molar-refractivity contribution is 7.14. The van der Waals surface area contributed by atoms with Gasteiger partial charge >= 0.3 is 0 Å². The van der Waals surface area contributed by atoms with E-state index in [2.05, 4.69) is 25.7 Å². The average molecular weight is 305 g/mol. The molecule has 2 rings (SSSR count). The number of nitrogens with zero attached hydrogens (tertiary/aromatic N) is 1. The lowest BCUT2D eigenvalue weighted by atomic mass is 9.95. The van der Waals surface area contributed by atoms with Crippen LogP contribution in [0.4, 0.5) is 0 Å². The summed E-state index contributed by atoms with van der Waals surface area (Å²) in [6, 6.07) is 1.94. The van der Waals surface area contributed by atoms with Gasteiger partial charge in [-0.3, -0.25) is 4.79 Å². The summed E-state index contributed by atoms with van der Waals surface area (Å²) in [5, 5.41) is 8.76. The van der Waals surface area contributed by atoms with Crippen molar-refractivity contribution in [3.05, 3.63) is 21.4 Å². The van der Waals surface area contributed by atoms with E-state index in [-0.39, 0.29) is 12.5 Å². The van der Waals surface area contributed by atoms with E-state index in [9.17, 15) is 4.79 Å². The Balaban J connectivity index is 2.07. The number of hydrogen-bond acceptors (Lipinski definition) is 3. The van der Waals surface area contributed by atoms with Crippen molar-refractivity contribution in [1.29, 1.82) is 0 Å². The molecule has 4 heteroatoms. The lowest BCUT2D eigenvalue weighted by molar-refractivity contribution is 0.0788. The van der Waals surface area contributed by atoms with Gasteiger partial charge in [-0.2, -0.15) is 0 Å². The zero-order chi connectivity index (χ0) is 15.4. The molecule has 0 aromatic carbocycles. The second-order valence-electron chi connectivity index (χ2n) is 5.94. The molecular weight excluding hydrogens is 282 g/mol. The Morgan fingerprint density at radius 3 is 2.95 bits per heavy atom. The number of carbonyl (C=O) groups is 1. The molecule has 0 spiro atoms. The summed E-state index contributed by atoms with van der Waals surface area (Å²) in [7, 11) is 0. The summed E-state index contributed by atoms with van der Waals surface area (Å²) in [6.45, 7) is 8.25. The predicted octanol–water partition coefficient (Wildman–Crippen LogP) is 2.91. The van der Waals surface area contributed by atoms with Crippen molar-refractivity contribution in [2.75, 3.05) is 19.7 Å². The lowest BCUT2D eigenvalue weighted by Crippen LogP contribution is -2.28. The molecule has 0 saturated carbocycles. The Labute approximate surface area is 131 Å². The molecule has 114 valence electrons. The van der Waals surface area contributed by atoms with E-state index in [1.807, 2.05) is 17.9 Å². The van der Waals surface area contributed by atoms with E-state index in [0.29, 0.717) is 18.3 Å². The maximum absolute atomic E-state index is 12.6. The minimum absolute atomic E-state index is 0.0770. The highest BCUT2D eigenvalue weighted by atomic mass is 32.1. The van der Waals surface area contributed by atoms with Crippen LogP contribution in [0.1, 0.15) is 46.8 Å². The van der Waals surface area contributed by atoms with Crippen LogP contribution < -0.4 is 0 Å². The molecule has 1 amide bonds. The standard InChI is InChI=1S/C17H23NO2S/c1-12(2)14-7-8-18(11-14)17(20)16-10-13(3)15(21-16)6-4-5-9-19/h10,12,14,19H,5,7-9,11H2,1-3H3. The summed E-state index contributed by atoms with van der Waals surface area (Å²) in [5.41, 5.74) is 1.05. The fourth-order valence-corrected chi connectivity index (χ4v) is 3.60. The zero-order valence-corrected chi connectivity index (χ0v) is 13.8. The first kappa shape index (κ1) is 16.1. The van der Waals surface area contributed by atoms with Gasteiger partial charge in [-0.25, -0.2) is 0 Å². The van der Waals surface area contributed by atoms with Crippen LogP contribution in [0.15, 0.2) is 6.07 Å². The van der Waals surface area contributed by atoms with Gasteiger partial charge in [-0.05, 0) is 36.8 Å². The van der Waals surface area contributed by atoms with Crippen LogP contribution in [-0.4, -0.2) is 35.6 Å². The number of likely N-dealkylation sites (tertiary alicyclic amines) is 1. The average Bonchev–Trinajstić information content (AvgIpc) is 3.06. The number of hydrogen-bond donors (Lipinski definition) is 1. The molecule has 0 bridgehead atoms. The van der Waals surface area contributed by atoms with E-state index >= 15 is 0 Å². The number of aliphatic hydroxyl groups is 1. The Bertz CT molecular complexity index is 565. The van der Waals surface area contributed by atoms with Crippen molar-refractivity contribution in [3.8, 4) is 11.8 Å². The SMILES string of the molecule is Cc1cc(C(=O)N2CCC(C(C)C)C2)sc1C#CCCO. The summed E-state index contributed by atoms with van der Waals surface area (Å²) in [6.07, 6.45) is 1.58. The van der Waals surface area contributed by atoms with Crippen LogP contribution in [0, 0.1) is 30.6 Å². The van der Waals surface area contributed by atoms with Crippen LogP contribution in [-0.2, 0) is 0 Å². The second kappa shape index (κ2) is 7.11. The molecule has 1 unspecified atom stereocenters. The molecule has 1 aromatic heterocycles. The van der Waals surface area contributed by atoms with Crippen LogP contribution in [0.25, 0.3) is 0 Å². The molecule has 2 heterocycles. The predicted molar refractivity (Wildman–Crippen MR) is 86.5 cm³/mol. The first-order valence-corrected chi connectivity index (χ1v) is 8.34. The molecule has 1 fully saturated rings. The van der Waals surface area contributed by atoms with Crippen LogP contribution in [0.5, 0.6) is 0 Å². The molecule has 1 saturated heterocycles. The van der Waals surface area contributed by atoms with Crippen LogP contribution in [0.2, 0.25) is 0 Å². The van der Waals surface area contributed by atoms with Crippen molar-refractivity contribution in [2.24, 2.45) is 11.8 Å². The number of aryl methyl sites for hydroxylation is 1. The number of amides is 1. The van der Waals surface area contributed by atoms with Gasteiger partial charge in [-0.15, -0.1) is 11.3 Å². The molecule has 1 aromatic rings. The van der Waals surface area contributed by atoms with E-state index < -0.39 is 0 Å². The van der Waals surface area contributed by atoms with Crippen LogP contribution in [0.3, 0.4) is 0 Å². The molecule has 3 nitrogen and oxygen atoms in total. The van der Waals surface area contributed by atoms with Gasteiger partial charge in [-0.1, -0.05) is 25.7 Å². The Kier molecular flexibility index (Phi) is 5.44. The number of aliphatic hydroxyl groups excluding tert-OH is 1. The first-order chi connectivity index (χ1) is 10.0. The van der Waals surface area contributed by atoms with Crippen molar-refractivity contribution < 1.29 is 9.90 Å². The third kappa shape index (κ3) is 3.87. The fraction of sp³-hybridized carbons (Fsp3) is 0.588. The highest BCUT2D eigenvalue weighted by Crippen LogP contribution is 2.28. The van der Waals surface area contributed by atoms with Gasteiger partial charge < -0.3 is 10.0 Å². The second-order valence-corrected chi connectivity index (χ2v) is 6.99. The Morgan fingerprint density at radius 1 is 1.57 bits per heavy atom. The summed E-state index contributed by atoms with van der Waals surface area (Å²) in [4.78, 5) is 16.3. The third-order valence-corrected chi connectivity index (χ3v) is 5.16. The zero-order valence-electron chi connectivity index (χ0n) is 13.0. The smallest absolute Gasteiger partial charge is 0.263 e. The first-order valence-electron chi connectivity index (χ1n) is 7.52. The van der Waals surface area contributed by atoms with Gasteiger partial charge in [0.15, 0.2) is 0 Å². The number of rotatable bonds is 3. The minimum Gasteiger partial charge on any atom is -0.395 e. The van der Waals surface area contributed by atoms with Gasteiger partial charge in [0.05, 0.1) is 16.4 Å². The Morgan fingerprint density at radius 2 is 2.33 bits per heavy atom. The normalized spacial score (nSPS) is 18.0. The molecule has 0 radical (unpaired) electrons. The highest BCUT2D eigenvalue weighted by Gasteiger charge is 2.29. The third-order valence-electron chi connectivity index (χ3n) is 4.02. The van der Waals surface area contributed by atoms with Gasteiger partial charge in [0.1, 0.15) is 0 Å². The summed E-state index contributed by atoms with van der Waals surface area (Å²) in [5.74, 6) is 7.36. The van der Waals surface area contributed by atoms with E-state index in [4.69, 9.17) is 5.11 Å². The Hall–Kier alpha value is -1.31. The van der Waals surface area contributed by atoms with Crippen molar-refractivity contribution in [2.45, 2.75) is 33.6 Å². The quantitative estimate of drug-likeness (QED) is 0.872. The molecule has 1 aliphatic rings. The van der Waals surface area contributed by atoms with Crippen molar-refractivity contribution >= 4 is 17.2 Å². The lowest BCUT2D eigenvalue weighted by Gasteiger charge is -2.17. The fourth-order valence-electron chi connectivity index (χ4n) is 2.58. The minimum atomic E-state index is 0.0770. The van der Waals surface area contributed by atoms with Crippen molar-refractivity contribution in [3.63, 3.8) is 0 Å². The van der Waals surface area contributed by atoms with E-state index in [0.717, 1.165) is 34.8 Å². The molecule has 1 atom stereocenters. The maximum Gasteiger partial charge on any atom is 0.263 e. The number of thiophene rings is 1. The molecule has 1 N–H and O–H groups in total. The molecular formula is C17H23NO2S. The summed E-state index contributed by atoms with van der Waals surface area (Å²) >= 11 is 1.47. The monoisotopic (exact) mass is 305 g/mol. The van der Waals surface area contributed by atoms with Gasteiger partial charge in [0.25, 0.3) is 5.91 Å². The largest absolute Gasteiger partial charge is 0.395 e.